The molecule has 18 heavy (non-hydrogen) atoms. The highest BCUT2D eigenvalue weighted by Gasteiger charge is 2.22. The van der Waals surface area contributed by atoms with Crippen LogP contribution in [0.1, 0.15) is 5.56 Å². The van der Waals surface area contributed by atoms with Crippen molar-refractivity contribution in [1.82, 2.24) is 4.31 Å². The van der Waals surface area contributed by atoms with Crippen molar-refractivity contribution in [3.05, 3.63) is 23.8 Å². The lowest BCUT2D eigenvalue weighted by Gasteiger charge is -2.14. The van der Waals surface area contributed by atoms with Crippen molar-refractivity contribution in [2.75, 3.05) is 27.8 Å². The highest BCUT2D eigenvalue weighted by molar-refractivity contribution is 7.89. The average molecular weight is 269 g/mol. The molecule has 0 amide bonds. The summed E-state index contributed by atoms with van der Waals surface area (Å²) in [5.41, 5.74) is 0.505. The zero-order valence-corrected chi connectivity index (χ0v) is 11.3. The third-order valence-corrected chi connectivity index (χ3v) is 4.07. The maximum atomic E-state index is 12.1. The summed E-state index contributed by atoms with van der Waals surface area (Å²) in [6.45, 7) is -0.276. The van der Waals surface area contributed by atoms with Gasteiger partial charge >= 0.3 is 0 Å². The van der Waals surface area contributed by atoms with E-state index < -0.39 is 10.0 Å². The maximum Gasteiger partial charge on any atom is 0.246 e. The van der Waals surface area contributed by atoms with E-state index in [1.54, 1.807) is 6.07 Å². The summed E-state index contributed by atoms with van der Waals surface area (Å²) in [4.78, 5) is 0.0553. The van der Waals surface area contributed by atoms with Crippen LogP contribution in [0.25, 0.3) is 0 Å². The van der Waals surface area contributed by atoms with Crippen LogP contribution < -0.4 is 4.74 Å². The predicted octanol–water partition coefficient (Wildman–Crippen LogP) is 0.289. The second kappa shape index (κ2) is 5.87. The molecule has 5 nitrogen and oxygen atoms in total. The van der Waals surface area contributed by atoms with Gasteiger partial charge in [-0.25, -0.2) is 12.7 Å². The Morgan fingerprint density at radius 1 is 1.39 bits per heavy atom. The largest absolute Gasteiger partial charge is 0.495 e. The molecule has 98 valence electrons. The molecular weight excluding hydrogens is 254 g/mol. The van der Waals surface area contributed by atoms with Gasteiger partial charge in [-0.3, -0.25) is 0 Å². The van der Waals surface area contributed by atoms with Gasteiger partial charge in [-0.1, -0.05) is 11.8 Å². The van der Waals surface area contributed by atoms with E-state index in [0.29, 0.717) is 5.56 Å². The number of aliphatic hydroxyl groups excluding tert-OH is 1. The normalized spacial score (nSPS) is 10.9. The van der Waals surface area contributed by atoms with Crippen LogP contribution in [0.5, 0.6) is 5.75 Å². The molecule has 0 heterocycles. The van der Waals surface area contributed by atoms with Crippen LogP contribution in [0.15, 0.2) is 23.1 Å². The third kappa shape index (κ3) is 3.01. The van der Waals surface area contributed by atoms with Crippen molar-refractivity contribution in [3.8, 4) is 17.6 Å². The first-order valence-corrected chi connectivity index (χ1v) is 6.57. The Hall–Kier alpha value is -1.55. The number of benzene rings is 1. The summed E-state index contributed by atoms with van der Waals surface area (Å²) >= 11 is 0. The van der Waals surface area contributed by atoms with Gasteiger partial charge in [0.15, 0.2) is 0 Å². The van der Waals surface area contributed by atoms with Gasteiger partial charge in [-0.2, -0.15) is 0 Å². The van der Waals surface area contributed by atoms with Crippen LogP contribution in [0.4, 0.5) is 0 Å². The quantitative estimate of drug-likeness (QED) is 0.801. The Morgan fingerprint density at radius 3 is 2.56 bits per heavy atom. The molecule has 0 aliphatic rings. The van der Waals surface area contributed by atoms with Gasteiger partial charge in [0.2, 0.25) is 10.0 Å². The number of sulfonamides is 1. The average Bonchev–Trinajstić information content (AvgIpc) is 2.35. The third-order valence-electron chi connectivity index (χ3n) is 2.23. The number of aliphatic hydroxyl groups is 1. The second-order valence-electron chi connectivity index (χ2n) is 3.61. The topological polar surface area (TPSA) is 66.8 Å². The van der Waals surface area contributed by atoms with E-state index in [9.17, 15) is 8.42 Å². The lowest BCUT2D eigenvalue weighted by molar-refractivity contribution is 0.350. The molecule has 0 aliphatic carbocycles. The number of methoxy groups -OCH3 is 1. The fourth-order valence-electron chi connectivity index (χ4n) is 1.29. The highest BCUT2D eigenvalue weighted by Crippen LogP contribution is 2.26. The standard InChI is InChI=1S/C12H15NO4S/c1-13(2)18(15,16)12-9-10(5-4-8-14)6-7-11(12)17-3/h6-7,9,14H,8H2,1-3H3. The zero-order valence-electron chi connectivity index (χ0n) is 10.5. The zero-order chi connectivity index (χ0) is 13.8. The van der Waals surface area contributed by atoms with E-state index in [4.69, 9.17) is 9.84 Å². The molecular formula is C12H15NO4S. The van der Waals surface area contributed by atoms with Crippen LogP contribution in [0.3, 0.4) is 0 Å². The number of rotatable bonds is 3. The molecule has 0 bridgehead atoms. The van der Waals surface area contributed by atoms with Crippen molar-refractivity contribution in [2.24, 2.45) is 0 Å². The second-order valence-corrected chi connectivity index (χ2v) is 5.73. The number of nitrogens with zero attached hydrogens (tertiary/aromatic N) is 1. The molecule has 0 fully saturated rings. The van der Waals surface area contributed by atoms with Crippen LogP contribution in [-0.4, -0.2) is 45.6 Å². The van der Waals surface area contributed by atoms with E-state index in [1.165, 1.54) is 33.3 Å². The minimum atomic E-state index is -3.59. The van der Waals surface area contributed by atoms with Gasteiger partial charge < -0.3 is 9.84 Å². The van der Waals surface area contributed by atoms with Gasteiger partial charge in [0.25, 0.3) is 0 Å². The van der Waals surface area contributed by atoms with Gasteiger partial charge in [-0.05, 0) is 18.2 Å². The monoisotopic (exact) mass is 269 g/mol. The Labute approximate surface area is 107 Å². The summed E-state index contributed by atoms with van der Waals surface area (Å²) in [7, 11) is 0.707. The van der Waals surface area contributed by atoms with Crippen molar-refractivity contribution in [1.29, 1.82) is 0 Å². The maximum absolute atomic E-state index is 12.1. The molecule has 0 aromatic heterocycles. The first-order valence-electron chi connectivity index (χ1n) is 5.13. The summed E-state index contributed by atoms with van der Waals surface area (Å²) in [5, 5.41) is 8.62. The fourth-order valence-corrected chi connectivity index (χ4v) is 2.37. The van der Waals surface area contributed by atoms with Crippen LogP contribution in [0, 0.1) is 11.8 Å². The molecule has 0 spiro atoms. The van der Waals surface area contributed by atoms with Crippen molar-refractivity contribution >= 4 is 10.0 Å². The predicted molar refractivity (Wildman–Crippen MR) is 67.8 cm³/mol. The molecule has 1 aromatic carbocycles. The Kier molecular flexibility index (Phi) is 4.73. The molecule has 1 rings (SSSR count). The molecule has 0 unspecified atom stereocenters. The van der Waals surface area contributed by atoms with Crippen molar-refractivity contribution in [2.45, 2.75) is 4.90 Å². The van der Waals surface area contributed by atoms with E-state index in [1.807, 2.05) is 0 Å². The van der Waals surface area contributed by atoms with E-state index in [-0.39, 0.29) is 17.3 Å². The molecule has 0 atom stereocenters. The van der Waals surface area contributed by atoms with E-state index in [2.05, 4.69) is 11.8 Å². The van der Waals surface area contributed by atoms with Crippen LogP contribution >= 0.6 is 0 Å². The summed E-state index contributed by atoms with van der Waals surface area (Å²) in [5.74, 6) is 5.39. The van der Waals surface area contributed by atoms with Crippen molar-refractivity contribution in [3.63, 3.8) is 0 Å². The summed E-state index contributed by atoms with van der Waals surface area (Å²) < 4.78 is 30.3. The molecule has 0 radical (unpaired) electrons. The molecule has 1 N–H and O–H groups in total. The highest BCUT2D eigenvalue weighted by atomic mass is 32.2. The van der Waals surface area contributed by atoms with Crippen molar-refractivity contribution < 1.29 is 18.3 Å². The van der Waals surface area contributed by atoms with Crippen LogP contribution in [0.2, 0.25) is 0 Å². The lowest BCUT2D eigenvalue weighted by atomic mass is 10.2. The van der Waals surface area contributed by atoms with E-state index in [0.717, 1.165) is 4.31 Å². The van der Waals surface area contributed by atoms with Crippen LogP contribution in [-0.2, 0) is 10.0 Å². The Morgan fingerprint density at radius 2 is 2.06 bits per heavy atom. The minimum Gasteiger partial charge on any atom is -0.495 e. The van der Waals surface area contributed by atoms with Gasteiger partial charge in [-0.15, -0.1) is 0 Å². The number of ether oxygens (including phenoxy) is 1. The van der Waals surface area contributed by atoms with Gasteiger partial charge in [0.1, 0.15) is 17.3 Å². The molecule has 0 saturated heterocycles. The molecule has 0 aliphatic heterocycles. The lowest BCUT2D eigenvalue weighted by Crippen LogP contribution is -2.22. The number of hydrogen-bond donors (Lipinski definition) is 1. The first-order chi connectivity index (χ1) is 8.43. The SMILES string of the molecule is COc1ccc(C#CCO)cc1S(=O)(=O)N(C)C. The molecule has 6 heteroatoms. The smallest absolute Gasteiger partial charge is 0.246 e. The Bertz CT molecular complexity index is 582. The first kappa shape index (κ1) is 14.5. The summed E-state index contributed by atoms with van der Waals surface area (Å²) in [6, 6.07) is 4.60. The fraction of sp³-hybridized carbons (Fsp3) is 0.333. The van der Waals surface area contributed by atoms with Gasteiger partial charge in [0, 0.05) is 19.7 Å². The molecule has 0 saturated carbocycles. The van der Waals surface area contributed by atoms with E-state index >= 15 is 0 Å². The molecule has 1 aromatic rings. The Balaban J connectivity index is 3.40. The van der Waals surface area contributed by atoms with Gasteiger partial charge in [0.05, 0.1) is 7.11 Å². The minimum absolute atomic E-state index is 0.0553. The summed E-state index contributed by atoms with van der Waals surface area (Å²) in [6.07, 6.45) is 0. The number of hydrogen-bond acceptors (Lipinski definition) is 4.